The van der Waals surface area contributed by atoms with Gasteiger partial charge >= 0.3 is 0 Å². The Labute approximate surface area is 97.3 Å². The van der Waals surface area contributed by atoms with Gasteiger partial charge in [-0.15, -0.1) is 11.8 Å². The molecule has 1 unspecified atom stereocenters. The van der Waals surface area contributed by atoms with Gasteiger partial charge in [-0.05, 0) is 31.5 Å². The van der Waals surface area contributed by atoms with Crippen molar-refractivity contribution in [1.29, 1.82) is 5.26 Å². The standard InChI is InChI=1S/C14H16N2/c1-3-4-5-10-16-12(2)14-8-6-13(11-15)7-9-14/h6-9,12,16H,5,10H2,1-2H3. The van der Waals surface area contributed by atoms with E-state index in [-0.39, 0.29) is 0 Å². The van der Waals surface area contributed by atoms with Crippen LogP contribution < -0.4 is 5.32 Å². The minimum Gasteiger partial charge on any atom is -0.309 e. The van der Waals surface area contributed by atoms with Crippen molar-refractivity contribution < 1.29 is 0 Å². The van der Waals surface area contributed by atoms with E-state index in [1.165, 1.54) is 5.56 Å². The molecule has 0 aromatic heterocycles. The van der Waals surface area contributed by atoms with Crippen LogP contribution in [0.3, 0.4) is 0 Å². The zero-order chi connectivity index (χ0) is 11.8. The molecule has 0 aliphatic rings. The quantitative estimate of drug-likeness (QED) is 0.615. The van der Waals surface area contributed by atoms with Crippen LogP contribution in [0.1, 0.15) is 37.4 Å². The fourth-order valence-corrected chi connectivity index (χ4v) is 1.44. The minimum absolute atomic E-state index is 0.298. The Kier molecular flexibility index (Phi) is 5.12. The van der Waals surface area contributed by atoms with Crippen LogP contribution in [0.5, 0.6) is 0 Å². The number of rotatable bonds is 4. The highest BCUT2D eigenvalue weighted by molar-refractivity contribution is 5.32. The zero-order valence-corrected chi connectivity index (χ0v) is 9.75. The smallest absolute Gasteiger partial charge is 0.0991 e. The number of nitriles is 1. The van der Waals surface area contributed by atoms with E-state index >= 15 is 0 Å². The van der Waals surface area contributed by atoms with Crippen molar-refractivity contribution in [2.45, 2.75) is 26.3 Å². The zero-order valence-electron chi connectivity index (χ0n) is 9.75. The predicted molar refractivity (Wildman–Crippen MR) is 65.6 cm³/mol. The Hall–Kier alpha value is -1.77. The first-order chi connectivity index (χ1) is 7.77. The Bertz CT molecular complexity index is 415. The molecule has 0 aliphatic heterocycles. The lowest BCUT2D eigenvalue weighted by Gasteiger charge is -2.13. The molecule has 0 aliphatic carbocycles. The van der Waals surface area contributed by atoms with E-state index in [1.54, 1.807) is 0 Å². The van der Waals surface area contributed by atoms with Gasteiger partial charge in [-0.3, -0.25) is 0 Å². The van der Waals surface area contributed by atoms with Crippen LogP contribution in [-0.4, -0.2) is 6.54 Å². The Morgan fingerprint density at radius 2 is 2.00 bits per heavy atom. The molecule has 0 spiro atoms. The summed E-state index contributed by atoms with van der Waals surface area (Å²) in [5, 5.41) is 12.1. The van der Waals surface area contributed by atoms with Gasteiger partial charge in [-0.2, -0.15) is 5.26 Å². The van der Waals surface area contributed by atoms with Crippen molar-refractivity contribution in [1.82, 2.24) is 5.32 Å². The molecule has 0 radical (unpaired) electrons. The Morgan fingerprint density at radius 1 is 1.31 bits per heavy atom. The van der Waals surface area contributed by atoms with Gasteiger partial charge in [0.05, 0.1) is 11.6 Å². The van der Waals surface area contributed by atoms with Gasteiger partial charge in [0.2, 0.25) is 0 Å². The third-order valence-corrected chi connectivity index (χ3v) is 2.42. The topological polar surface area (TPSA) is 35.8 Å². The second kappa shape index (κ2) is 6.67. The number of hydrogen-bond donors (Lipinski definition) is 1. The van der Waals surface area contributed by atoms with Gasteiger partial charge in [-0.1, -0.05) is 12.1 Å². The molecule has 82 valence electrons. The molecule has 1 rings (SSSR count). The number of nitrogens with zero attached hydrogens (tertiary/aromatic N) is 1. The average molecular weight is 212 g/mol. The maximum atomic E-state index is 8.69. The molecule has 0 bridgehead atoms. The van der Waals surface area contributed by atoms with Gasteiger partial charge in [0.1, 0.15) is 0 Å². The van der Waals surface area contributed by atoms with Crippen LogP contribution in [-0.2, 0) is 0 Å². The first-order valence-corrected chi connectivity index (χ1v) is 5.41. The third kappa shape index (κ3) is 3.77. The Balaban J connectivity index is 2.48. The predicted octanol–water partition coefficient (Wildman–Crippen LogP) is 2.62. The maximum absolute atomic E-state index is 8.69. The average Bonchev–Trinajstić information content (AvgIpc) is 2.34. The molecule has 16 heavy (non-hydrogen) atoms. The van der Waals surface area contributed by atoms with E-state index in [4.69, 9.17) is 5.26 Å². The maximum Gasteiger partial charge on any atom is 0.0991 e. The molecule has 0 amide bonds. The van der Waals surface area contributed by atoms with Crippen LogP contribution in [0.25, 0.3) is 0 Å². The third-order valence-electron chi connectivity index (χ3n) is 2.42. The molecule has 1 aromatic rings. The van der Waals surface area contributed by atoms with Crippen molar-refractivity contribution in [2.24, 2.45) is 0 Å². The molecule has 1 atom stereocenters. The van der Waals surface area contributed by atoms with Crippen molar-refractivity contribution in [3.63, 3.8) is 0 Å². The fraction of sp³-hybridized carbons (Fsp3) is 0.357. The second-order valence-electron chi connectivity index (χ2n) is 3.59. The lowest BCUT2D eigenvalue weighted by Crippen LogP contribution is -2.19. The van der Waals surface area contributed by atoms with Crippen molar-refractivity contribution in [2.75, 3.05) is 6.54 Å². The molecule has 2 nitrogen and oxygen atoms in total. The SMILES string of the molecule is CC#CCCNC(C)c1ccc(C#N)cc1. The molecule has 0 saturated heterocycles. The van der Waals surface area contributed by atoms with E-state index in [9.17, 15) is 0 Å². The van der Waals surface area contributed by atoms with E-state index in [1.807, 2.05) is 31.2 Å². The van der Waals surface area contributed by atoms with Crippen LogP contribution in [0.4, 0.5) is 0 Å². The lowest BCUT2D eigenvalue weighted by molar-refractivity contribution is 0.584. The van der Waals surface area contributed by atoms with Gasteiger partial charge in [0, 0.05) is 19.0 Å². The highest BCUT2D eigenvalue weighted by atomic mass is 14.9. The van der Waals surface area contributed by atoms with Gasteiger partial charge in [-0.25, -0.2) is 0 Å². The first kappa shape index (κ1) is 12.3. The van der Waals surface area contributed by atoms with Crippen LogP contribution >= 0.6 is 0 Å². The molecule has 0 heterocycles. The van der Waals surface area contributed by atoms with E-state index < -0.39 is 0 Å². The summed E-state index contributed by atoms with van der Waals surface area (Å²) in [6.07, 6.45) is 0.872. The summed E-state index contributed by atoms with van der Waals surface area (Å²) >= 11 is 0. The molecule has 1 aromatic carbocycles. The lowest BCUT2D eigenvalue weighted by atomic mass is 10.1. The largest absolute Gasteiger partial charge is 0.309 e. The van der Waals surface area contributed by atoms with Crippen molar-refractivity contribution in [3.05, 3.63) is 35.4 Å². The molecule has 2 heteroatoms. The summed E-state index contributed by atoms with van der Waals surface area (Å²) in [5.41, 5.74) is 1.90. The monoisotopic (exact) mass is 212 g/mol. The Morgan fingerprint density at radius 3 is 2.56 bits per heavy atom. The normalized spacial score (nSPS) is 11.1. The van der Waals surface area contributed by atoms with E-state index in [2.05, 4.69) is 30.2 Å². The number of hydrogen-bond acceptors (Lipinski definition) is 2. The first-order valence-electron chi connectivity index (χ1n) is 5.41. The highest BCUT2D eigenvalue weighted by Gasteiger charge is 2.03. The van der Waals surface area contributed by atoms with E-state index in [0.29, 0.717) is 11.6 Å². The van der Waals surface area contributed by atoms with Crippen molar-refractivity contribution in [3.8, 4) is 17.9 Å². The van der Waals surface area contributed by atoms with Gasteiger partial charge < -0.3 is 5.32 Å². The van der Waals surface area contributed by atoms with Crippen LogP contribution in [0, 0.1) is 23.2 Å². The molecular formula is C14H16N2. The minimum atomic E-state index is 0.298. The summed E-state index contributed by atoms with van der Waals surface area (Å²) in [4.78, 5) is 0. The van der Waals surface area contributed by atoms with Crippen LogP contribution in [0.2, 0.25) is 0 Å². The summed E-state index contributed by atoms with van der Waals surface area (Å²) in [6, 6.07) is 10.1. The second-order valence-corrected chi connectivity index (χ2v) is 3.59. The summed E-state index contributed by atoms with van der Waals surface area (Å²) in [7, 11) is 0. The molecule has 1 N–H and O–H groups in total. The highest BCUT2D eigenvalue weighted by Crippen LogP contribution is 2.12. The molecule has 0 saturated carbocycles. The summed E-state index contributed by atoms with van der Waals surface area (Å²) in [6.45, 7) is 4.85. The number of benzene rings is 1. The van der Waals surface area contributed by atoms with Gasteiger partial charge in [0.25, 0.3) is 0 Å². The summed E-state index contributed by atoms with van der Waals surface area (Å²) < 4.78 is 0. The van der Waals surface area contributed by atoms with Gasteiger partial charge in [0.15, 0.2) is 0 Å². The number of nitrogens with one attached hydrogen (secondary N) is 1. The van der Waals surface area contributed by atoms with E-state index in [0.717, 1.165) is 13.0 Å². The molecular weight excluding hydrogens is 196 g/mol. The fourth-order valence-electron chi connectivity index (χ4n) is 1.44. The van der Waals surface area contributed by atoms with Crippen LogP contribution in [0.15, 0.2) is 24.3 Å². The summed E-state index contributed by atoms with van der Waals surface area (Å²) in [5.74, 6) is 5.89. The molecule has 0 fully saturated rings. The van der Waals surface area contributed by atoms with Crippen molar-refractivity contribution >= 4 is 0 Å².